The highest BCUT2D eigenvalue weighted by molar-refractivity contribution is 5.91. The van der Waals surface area contributed by atoms with E-state index >= 15 is 0 Å². The Morgan fingerprint density at radius 3 is 1.95 bits per heavy atom. The molecule has 4 atom stereocenters. The minimum atomic E-state index is -0.883. The number of carbonyl (C=O) groups excluding carboxylic acids is 4. The molecule has 4 aromatic carbocycles. The van der Waals surface area contributed by atoms with Crippen molar-refractivity contribution in [2.45, 2.75) is 57.3 Å². The largest absolute Gasteiger partial charge is 0.453 e. The van der Waals surface area contributed by atoms with Gasteiger partial charge in [0.1, 0.15) is 23.7 Å². The summed E-state index contributed by atoms with van der Waals surface area (Å²) in [6.45, 7) is 8.86. The summed E-state index contributed by atoms with van der Waals surface area (Å²) in [6, 6.07) is 27.9. The molecule has 0 aliphatic carbocycles. The average Bonchev–Trinajstić information content (AvgIpc) is 4.14. The van der Waals surface area contributed by atoms with Gasteiger partial charge >= 0.3 is 12.2 Å². The van der Waals surface area contributed by atoms with Gasteiger partial charge < -0.3 is 39.9 Å². The quantitative estimate of drug-likeness (QED) is 0.0944. The molecule has 0 saturated carbocycles. The highest BCUT2D eigenvalue weighted by Gasteiger charge is 2.39. The number of amides is 4. The van der Waals surface area contributed by atoms with Crippen LogP contribution in [0.1, 0.15) is 68.4 Å². The van der Waals surface area contributed by atoms with Crippen LogP contribution in [0.2, 0.25) is 0 Å². The minimum absolute atomic E-state index is 0.147. The number of hydrogen-bond donors (Lipinski definition) is 4. The number of methoxy groups -OCH3 is 2. The second-order valence-electron chi connectivity index (χ2n) is 16.2. The van der Waals surface area contributed by atoms with Crippen molar-refractivity contribution in [3.8, 4) is 33.6 Å². The first kappa shape index (κ1) is 41.5. The molecule has 4 unspecified atom stereocenters. The molecule has 2 aromatic heterocycles. The third-order valence-electron chi connectivity index (χ3n) is 11.8. The molecule has 318 valence electrons. The zero-order chi connectivity index (χ0) is 43.5. The summed E-state index contributed by atoms with van der Waals surface area (Å²) >= 11 is 0. The number of alkyl carbamates (subject to hydrolysis) is 2. The van der Waals surface area contributed by atoms with Crippen LogP contribution in [-0.4, -0.2) is 87.1 Å². The van der Waals surface area contributed by atoms with Crippen molar-refractivity contribution in [1.29, 1.82) is 0 Å². The van der Waals surface area contributed by atoms with Crippen LogP contribution < -0.4 is 10.6 Å². The maximum Gasteiger partial charge on any atom is 0.407 e. The normalized spacial score (nSPS) is 17.3. The lowest BCUT2D eigenvalue weighted by atomic mass is 9.98. The van der Waals surface area contributed by atoms with Crippen molar-refractivity contribution in [3.05, 3.63) is 133 Å². The number of rotatable bonds is 11. The van der Waals surface area contributed by atoms with Gasteiger partial charge in [0.2, 0.25) is 5.91 Å². The van der Waals surface area contributed by atoms with E-state index in [2.05, 4.69) is 87.8 Å². The average molecular weight is 835 g/mol. The predicted molar refractivity (Wildman–Crippen MR) is 235 cm³/mol. The number of H-pyrrole nitrogens is 2. The van der Waals surface area contributed by atoms with E-state index < -0.39 is 24.3 Å². The lowest BCUT2D eigenvalue weighted by Gasteiger charge is -2.29. The molecule has 2 aliphatic heterocycles. The highest BCUT2D eigenvalue weighted by Crippen LogP contribution is 2.37. The van der Waals surface area contributed by atoms with E-state index in [1.807, 2.05) is 44.2 Å². The maximum atomic E-state index is 13.9. The number of ether oxygens (including phenoxy) is 2. The van der Waals surface area contributed by atoms with Crippen molar-refractivity contribution in [2.75, 3.05) is 27.3 Å². The van der Waals surface area contributed by atoms with Gasteiger partial charge in [-0.25, -0.2) is 19.6 Å². The Morgan fingerprint density at radius 1 is 0.710 bits per heavy atom. The number of imidazole rings is 2. The van der Waals surface area contributed by atoms with E-state index in [0.29, 0.717) is 36.7 Å². The molecule has 4 amide bonds. The summed E-state index contributed by atoms with van der Waals surface area (Å²) in [5.74, 6) is 0.799. The van der Waals surface area contributed by atoms with Crippen LogP contribution in [0.15, 0.2) is 116 Å². The number of aromatic amines is 2. The number of aromatic nitrogens is 4. The Balaban J connectivity index is 0.950. The van der Waals surface area contributed by atoms with Gasteiger partial charge in [-0.1, -0.05) is 105 Å². The van der Waals surface area contributed by atoms with Gasteiger partial charge in [0, 0.05) is 18.7 Å². The first-order valence-electron chi connectivity index (χ1n) is 20.8. The Bertz CT molecular complexity index is 2620. The van der Waals surface area contributed by atoms with Crippen LogP contribution in [0, 0.1) is 5.92 Å². The van der Waals surface area contributed by atoms with Gasteiger partial charge in [0.05, 0.1) is 50.1 Å². The van der Waals surface area contributed by atoms with Crippen molar-refractivity contribution in [3.63, 3.8) is 0 Å². The summed E-state index contributed by atoms with van der Waals surface area (Å²) < 4.78 is 9.61. The topological polar surface area (TPSA) is 175 Å². The number of fused-ring (bicyclic) bond motifs is 1. The molecular weight excluding hydrogens is 785 g/mol. The molecule has 8 rings (SSSR count). The molecule has 4 N–H and O–H groups in total. The van der Waals surface area contributed by atoms with Gasteiger partial charge in [-0.2, -0.15) is 0 Å². The van der Waals surface area contributed by atoms with Gasteiger partial charge in [0.25, 0.3) is 5.91 Å². The molecule has 2 saturated heterocycles. The summed E-state index contributed by atoms with van der Waals surface area (Å²) in [7, 11) is 2.56. The van der Waals surface area contributed by atoms with Gasteiger partial charge in [-0.05, 0) is 70.3 Å². The number of likely N-dealkylation sites (tertiary alicyclic amines) is 2. The van der Waals surface area contributed by atoms with Gasteiger partial charge in [-0.15, -0.1) is 0 Å². The van der Waals surface area contributed by atoms with Crippen LogP contribution in [0.25, 0.3) is 44.4 Å². The summed E-state index contributed by atoms with van der Waals surface area (Å²) in [6.07, 6.45) is 4.41. The number of hydrogen-bond acceptors (Lipinski definition) is 8. The number of carbonyl (C=O) groups is 4. The first-order chi connectivity index (χ1) is 30.0. The summed E-state index contributed by atoms with van der Waals surface area (Å²) in [5.41, 5.74) is 7.35. The third kappa shape index (κ3) is 8.53. The second kappa shape index (κ2) is 17.8. The summed E-state index contributed by atoms with van der Waals surface area (Å²) in [5, 5.41) is 7.56. The molecule has 6 aromatic rings. The first-order valence-corrected chi connectivity index (χ1v) is 20.8. The number of nitrogens with one attached hydrogen (secondary N) is 4. The van der Waals surface area contributed by atoms with E-state index in [4.69, 9.17) is 19.4 Å². The molecular formula is C48H50N8O6. The van der Waals surface area contributed by atoms with E-state index in [1.54, 1.807) is 22.2 Å². The molecule has 2 aliphatic rings. The minimum Gasteiger partial charge on any atom is -0.453 e. The Hall–Kier alpha value is -7.22. The van der Waals surface area contributed by atoms with E-state index in [1.165, 1.54) is 14.2 Å². The molecule has 0 radical (unpaired) electrons. The van der Waals surface area contributed by atoms with Gasteiger partial charge in [0.15, 0.2) is 0 Å². The number of nitrogens with zero attached hydrogens (tertiary/aromatic N) is 4. The fraction of sp³-hybridized carbons (Fsp3) is 0.292. The lowest BCUT2D eigenvalue weighted by molar-refractivity contribution is -0.135. The van der Waals surface area contributed by atoms with Crippen molar-refractivity contribution >= 4 is 34.8 Å². The fourth-order valence-corrected chi connectivity index (χ4v) is 8.48. The zero-order valence-corrected chi connectivity index (χ0v) is 35.2. The Morgan fingerprint density at radius 2 is 1.29 bits per heavy atom. The Kier molecular flexibility index (Phi) is 11.9. The lowest BCUT2D eigenvalue weighted by Crippen LogP contribution is -2.51. The molecule has 2 fully saturated rings. The standard InChI is InChI=1S/C48H50N8O6/c1-28(2)41(53-47(59)61-4)45(57)56-27-29(3)22-40(56)44-50-26-38(52-44)36-20-19-34-23-33(17-18-35(34)24-36)30-13-15-31(16-14-30)37-25-49-43(51-37)39-12-9-21-55(39)46(58)42(54-48(60)62-5)32-10-7-6-8-11-32/h6-8,10-11,13-20,23-26,28,39-42H,3,9,12,21-22,27H2,1-2,4-5H3,(H,49,51)(H,50,52)(H,53,59)(H,54,60). The van der Waals surface area contributed by atoms with Crippen LogP contribution in [0.5, 0.6) is 0 Å². The second-order valence-corrected chi connectivity index (χ2v) is 16.2. The van der Waals surface area contributed by atoms with Crippen molar-refractivity contribution in [2.24, 2.45) is 5.92 Å². The van der Waals surface area contributed by atoms with E-state index in [9.17, 15) is 19.2 Å². The maximum absolute atomic E-state index is 13.9. The summed E-state index contributed by atoms with van der Waals surface area (Å²) in [4.78, 5) is 71.8. The van der Waals surface area contributed by atoms with E-state index in [0.717, 1.165) is 62.8 Å². The Labute approximate surface area is 359 Å². The van der Waals surface area contributed by atoms with Crippen LogP contribution in [0.4, 0.5) is 9.59 Å². The SMILES string of the molecule is C=C1CC(c2ncc(-c3ccc4cc(-c5ccc(-c6cnc(C7CCCN7C(=O)C(NC(=O)OC)c7ccccc7)[nH]6)cc5)ccc4c3)[nH]2)N(C(=O)C(NC(=O)OC)C(C)C)C1. The molecule has 62 heavy (non-hydrogen) atoms. The molecule has 4 heterocycles. The highest BCUT2D eigenvalue weighted by atomic mass is 16.5. The van der Waals surface area contributed by atoms with Crippen LogP contribution in [0.3, 0.4) is 0 Å². The molecule has 14 nitrogen and oxygen atoms in total. The van der Waals surface area contributed by atoms with Crippen LogP contribution >= 0.6 is 0 Å². The molecule has 0 bridgehead atoms. The van der Waals surface area contributed by atoms with E-state index in [-0.39, 0.29) is 29.8 Å². The van der Waals surface area contributed by atoms with Crippen molar-refractivity contribution < 1.29 is 28.7 Å². The smallest absolute Gasteiger partial charge is 0.407 e. The zero-order valence-electron chi connectivity index (χ0n) is 35.2. The van der Waals surface area contributed by atoms with Crippen LogP contribution in [-0.2, 0) is 19.1 Å². The monoisotopic (exact) mass is 834 g/mol. The molecule has 0 spiro atoms. The number of benzene rings is 4. The predicted octanol–water partition coefficient (Wildman–Crippen LogP) is 8.26. The fourth-order valence-electron chi connectivity index (χ4n) is 8.48. The van der Waals surface area contributed by atoms with Gasteiger partial charge in [-0.3, -0.25) is 9.59 Å². The molecule has 14 heteroatoms. The van der Waals surface area contributed by atoms with Crippen molar-refractivity contribution in [1.82, 2.24) is 40.4 Å². The third-order valence-corrected chi connectivity index (χ3v) is 11.8.